The molecule has 2 rings (SSSR count). The maximum absolute atomic E-state index is 10.7. The zero-order valence-corrected chi connectivity index (χ0v) is 10.0. The third-order valence-corrected chi connectivity index (χ3v) is 2.37. The van der Waals surface area contributed by atoms with E-state index >= 15 is 0 Å². The second kappa shape index (κ2) is 4.55. The lowest BCUT2D eigenvalue weighted by Crippen LogP contribution is -2.19. The smallest absolute Gasteiger partial charge is 0.303 e. The summed E-state index contributed by atoms with van der Waals surface area (Å²) in [7, 11) is 0. The summed E-state index contributed by atoms with van der Waals surface area (Å²) in [6.07, 6.45) is 1.91. The van der Waals surface area contributed by atoms with Crippen LogP contribution in [0.25, 0.3) is 11.5 Å². The highest BCUT2D eigenvalue weighted by Crippen LogP contribution is 2.25. The van der Waals surface area contributed by atoms with E-state index in [2.05, 4.69) is 25.6 Å². The molecule has 0 aromatic carbocycles. The number of aliphatic carboxylic acids is 1. The number of hydrogen-bond donors (Lipinski definition) is 2. The molecular weight excluding hydrogens is 238 g/mol. The quantitative estimate of drug-likeness (QED) is 0.810. The molecule has 8 heteroatoms. The van der Waals surface area contributed by atoms with E-state index in [-0.39, 0.29) is 6.42 Å². The highest BCUT2D eigenvalue weighted by molar-refractivity contribution is 5.67. The molecule has 96 valence electrons. The summed E-state index contributed by atoms with van der Waals surface area (Å²) >= 11 is 0. The van der Waals surface area contributed by atoms with E-state index in [0.29, 0.717) is 23.8 Å². The Hall–Kier alpha value is -2.25. The summed E-state index contributed by atoms with van der Waals surface area (Å²) < 4.78 is 5.07. The van der Waals surface area contributed by atoms with Crippen molar-refractivity contribution in [3.8, 4) is 11.5 Å². The van der Waals surface area contributed by atoms with Crippen LogP contribution in [-0.4, -0.2) is 36.6 Å². The summed E-state index contributed by atoms with van der Waals surface area (Å²) in [6, 6.07) is 0. The van der Waals surface area contributed by atoms with Crippen molar-refractivity contribution in [2.24, 2.45) is 5.41 Å². The summed E-state index contributed by atoms with van der Waals surface area (Å²) in [4.78, 5) is 14.9. The Bertz CT molecular complexity index is 531. The van der Waals surface area contributed by atoms with Crippen LogP contribution in [0.15, 0.2) is 10.7 Å². The molecule has 0 amide bonds. The van der Waals surface area contributed by atoms with Crippen molar-refractivity contribution in [3.05, 3.63) is 12.1 Å². The van der Waals surface area contributed by atoms with Crippen LogP contribution in [0.4, 0.5) is 0 Å². The second-order valence-corrected chi connectivity index (χ2v) is 4.78. The number of nitrogens with zero attached hydrogens (tertiary/aromatic N) is 4. The summed E-state index contributed by atoms with van der Waals surface area (Å²) in [5.74, 6) is -0.125. The van der Waals surface area contributed by atoms with Gasteiger partial charge in [-0.15, -0.1) is 0 Å². The van der Waals surface area contributed by atoms with Gasteiger partial charge in [0.15, 0.2) is 5.69 Å². The first-order chi connectivity index (χ1) is 8.46. The SMILES string of the molecule is CC(C)(CC(=O)O)Cc1nc(-c2cn[nH]n2)no1. The van der Waals surface area contributed by atoms with Crippen molar-refractivity contribution < 1.29 is 14.4 Å². The van der Waals surface area contributed by atoms with Crippen LogP contribution >= 0.6 is 0 Å². The lowest BCUT2D eigenvalue weighted by atomic mass is 9.86. The molecule has 0 radical (unpaired) electrons. The van der Waals surface area contributed by atoms with E-state index < -0.39 is 11.4 Å². The Morgan fingerprint density at radius 2 is 2.33 bits per heavy atom. The molecule has 0 fully saturated rings. The molecule has 2 aromatic rings. The summed E-state index contributed by atoms with van der Waals surface area (Å²) in [5.41, 5.74) is 0.0421. The number of hydrogen-bond acceptors (Lipinski definition) is 6. The van der Waals surface area contributed by atoms with Gasteiger partial charge < -0.3 is 9.63 Å². The van der Waals surface area contributed by atoms with Gasteiger partial charge in [0.05, 0.1) is 12.6 Å². The van der Waals surface area contributed by atoms with Crippen LogP contribution in [0.2, 0.25) is 0 Å². The van der Waals surface area contributed by atoms with Crippen LogP contribution in [0.5, 0.6) is 0 Å². The predicted octanol–water partition coefficient (Wildman–Crippen LogP) is 0.898. The van der Waals surface area contributed by atoms with Crippen molar-refractivity contribution in [1.29, 1.82) is 0 Å². The van der Waals surface area contributed by atoms with E-state index in [9.17, 15) is 4.79 Å². The van der Waals surface area contributed by atoms with Crippen LogP contribution in [0, 0.1) is 5.41 Å². The van der Waals surface area contributed by atoms with Gasteiger partial charge in [-0.05, 0) is 5.41 Å². The van der Waals surface area contributed by atoms with Gasteiger partial charge in [-0.3, -0.25) is 4.79 Å². The zero-order valence-electron chi connectivity index (χ0n) is 10.0. The Labute approximate surface area is 102 Å². The first kappa shape index (κ1) is 12.2. The monoisotopic (exact) mass is 251 g/mol. The summed E-state index contributed by atoms with van der Waals surface area (Å²) in [5, 5.41) is 22.5. The number of nitrogens with one attached hydrogen (secondary N) is 1. The maximum atomic E-state index is 10.7. The van der Waals surface area contributed by atoms with E-state index in [1.807, 2.05) is 13.8 Å². The standard InChI is InChI=1S/C10H13N5O3/c1-10(2,4-8(16)17)3-7-12-9(14-18-7)6-5-11-15-13-6/h5H,3-4H2,1-2H3,(H,16,17)(H,11,13,15). The number of aromatic nitrogens is 5. The van der Waals surface area contributed by atoms with Crippen LogP contribution < -0.4 is 0 Å². The molecule has 0 aliphatic heterocycles. The van der Waals surface area contributed by atoms with Crippen molar-refractivity contribution in [3.63, 3.8) is 0 Å². The van der Waals surface area contributed by atoms with Gasteiger partial charge in [0.1, 0.15) is 0 Å². The Kier molecular flexibility index (Phi) is 3.09. The highest BCUT2D eigenvalue weighted by atomic mass is 16.5. The molecule has 0 saturated heterocycles. The fourth-order valence-corrected chi connectivity index (χ4v) is 1.62. The van der Waals surface area contributed by atoms with Crippen molar-refractivity contribution in [2.45, 2.75) is 26.7 Å². The van der Waals surface area contributed by atoms with Crippen LogP contribution in [-0.2, 0) is 11.2 Å². The maximum Gasteiger partial charge on any atom is 0.303 e. The van der Waals surface area contributed by atoms with Crippen LogP contribution in [0.3, 0.4) is 0 Å². The first-order valence-corrected chi connectivity index (χ1v) is 5.37. The van der Waals surface area contributed by atoms with Gasteiger partial charge in [-0.2, -0.15) is 20.4 Å². The third-order valence-electron chi connectivity index (χ3n) is 2.37. The predicted molar refractivity (Wildman–Crippen MR) is 59.4 cm³/mol. The Morgan fingerprint density at radius 1 is 1.56 bits per heavy atom. The van der Waals surface area contributed by atoms with Gasteiger partial charge in [0.25, 0.3) is 0 Å². The largest absolute Gasteiger partial charge is 0.481 e. The number of aromatic amines is 1. The molecule has 18 heavy (non-hydrogen) atoms. The number of carboxylic acids is 1. The van der Waals surface area contributed by atoms with Crippen LogP contribution in [0.1, 0.15) is 26.2 Å². The Balaban J connectivity index is 2.09. The fraction of sp³-hybridized carbons (Fsp3) is 0.500. The van der Waals surface area contributed by atoms with Crippen molar-refractivity contribution in [1.82, 2.24) is 25.6 Å². The van der Waals surface area contributed by atoms with Gasteiger partial charge in [0.2, 0.25) is 11.7 Å². The number of carboxylic acid groups (broad SMARTS) is 1. The normalized spacial score (nSPS) is 11.7. The number of carbonyl (C=O) groups is 1. The molecule has 0 bridgehead atoms. The molecule has 0 aliphatic rings. The molecule has 2 aromatic heterocycles. The second-order valence-electron chi connectivity index (χ2n) is 4.78. The van der Waals surface area contributed by atoms with E-state index in [1.54, 1.807) is 0 Å². The average Bonchev–Trinajstić information content (AvgIpc) is 2.82. The number of H-pyrrole nitrogens is 1. The van der Waals surface area contributed by atoms with Crippen molar-refractivity contribution >= 4 is 5.97 Å². The van der Waals surface area contributed by atoms with E-state index in [1.165, 1.54) is 6.20 Å². The first-order valence-electron chi connectivity index (χ1n) is 5.37. The van der Waals surface area contributed by atoms with Gasteiger partial charge in [-0.1, -0.05) is 19.0 Å². The molecule has 8 nitrogen and oxygen atoms in total. The molecule has 0 atom stereocenters. The summed E-state index contributed by atoms with van der Waals surface area (Å²) in [6.45, 7) is 3.67. The average molecular weight is 251 g/mol. The highest BCUT2D eigenvalue weighted by Gasteiger charge is 2.25. The van der Waals surface area contributed by atoms with Crippen molar-refractivity contribution in [2.75, 3.05) is 0 Å². The van der Waals surface area contributed by atoms with Gasteiger partial charge in [-0.25, -0.2) is 0 Å². The van der Waals surface area contributed by atoms with Gasteiger partial charge >= 0.3 is 5.97 Å². The molecular formula is C10H13N5O3. The minimum absolute atomic E-state index is 0.0364. The molecule has 0 unspecified atom stereocenters. The minimum atomic E-state index is -0.851. The Morgan fingerprint density at radius 3 is 2.94 bits per heavy atom. The topological polar surface area (TPSA) is 118 Å². The van der Waals surface area contributed by atoms with E-state index in [0.717, 1.165) is 0 Å². The molecule has 2 N–H and O–H groups in total. The molecule has 0 saturated carbocycles. The molecule has 0 spiro atoms. The third kappa shape index (κ3) is 2.90. The molecule has 2 heterocycles. The fourth-order valence-electron chi connectivity index (χ4n) is 1.62. The van der Waals surface area contributed by atoms with E-state index in [4.69, 9.17) is 9.63 Å². The molecule has 0 aliphatic carbocycles. The zero-order chi connectivity index (χ0) is 13.2. The number of rotatable bonds is 5. The lowest BCUT2D eigenvalue weighted by Gasteiger charge is -2.19. The lowest BCUT2D eigenvalue weighted by molar-refractivity contribution is -0.139. The minimum Gasteiger partial charge on any atom is -0.481 e. The van der Waals surface area contributed by atoms with Gasteiger partial charge in [0, 0.05) is 6.42 Å².